The predicted molar refractivity (Wildman–Crippen MR) is 57.0 cm³/mol. The summed E-state index contributed by atoms with van der Waals surface area (Å²) in [6, 6.07) is 9.95. The molecule has 0 fully saturated rings. The summed E-state index contributed by atoms with van der Waals surface area (Å²) in [5, 5.41) is 0. The van der Waals surface area contributed by atoms with Crippen molar-refractivity contribution in [3.8, 4) is 0 Å². The number of hydrogen-bond donors (Lipinski definition) is 0. The van der Waals surface area contributed by atoms with Gasteiger partial charge in [-0.25, -0.2) is 12.4 Å². The molecule has 0 saturated heterocycles. The smallest absolute Gasteiger partial charge is 0.239 e. The molecule has 0 amide bonds. The average Bonchev–Trinajstić information content (AvgIpc) is 2.67. The molecular formula is C11H10NO2S. The molecule has 0 aliphatic heterocycles. The molecule has 0 atom stereocenters. The van der Waals surface area contributed by atoms with Crippen molar-refractivity contribution in [3.05, 3.63) is 54.4 Å². The third-order valence-electron chi connectivity index (χ3n) is 2.04. The van der Waals surface area contributed by atoms with Crippen molar-refractivity contribution in [1.29, 1.82) is 0 Å². The Balaban J connectivity index is 2.54. The van der Waals surface area contributed by atoms with E-state index < -0.39 is 10.0 Å². The molecule has 15 heavy (non-hydrogen) atoms. The van der Waals surface area contributed by atoms with Crippen molar-refractivity contribution in [2.24, 2.45) is 0 Å². The fraction of sp³-hybridized carbons (Fsp3) is 0.0909. The van der Waals surface area contributed by atoms with Crippen LogP contribution in [-0.2, 0) is 10.0 Å². The molecule has 3 nitrogen and oxygen atoms in total. The van der Waals surface area contributed by atoms with E-state index in [1.165, 1.54) is 0 Å². The Bertz CT molecular complexity index is 555. The first kappa shape index (κ1) is 9.98. The minimum absolute atomic E-state index is 0.275. The van der Waals surface area contributed by atoms with E-state index in [0.29, 0.717) is 0 Å². The molecule has 4 heteroatoms. The van der Waals surface area contributed by atoms with Gasteiger partial charge in [-0.3, -0.25) is 0 Å². The van der Waals surface area contributed by atoms with Crippen LogP contribution in [0.5, 0.6) is 0 Å². The molecule has 1 aromatic heterocycles. The zero-order valence-corrected chi connectivity index (χ0v) is 9.03. The molecule has 0 spiro atoms. The highest BCUT2D eigenvalue weighted by Crippen LogP contribution is 2.13. The van der Waals surface area contributed by atoms with Crippen molar-refractivity contribution in [1.82, 2.24) is 3.97 Å². The molecule has 0 bridgehead atoms. The molecule has 0 saturated carbocycles. The molecule has 0 aliphatic carbocycles. The van der Waals surface area contributed by atoms with Crippen LogP contribution in [0.3, 0.4) is 0 Å². The molecule has 1 radical (unpaired) electrons. The third-order valence-corrected chi connectivity index (χ3v) is 3.64. The second-order valence-corrected chi connectivity index (χ2v) is 5.08. The van der Waals surface area contributed by atoms with E-state index in [9.17, 15) is 8.42 Å². The Labute approximate surface area is 89.0 Å². The summed E-state index contributed by atoms with van der Waals surface area (Å²) in [7, 11) is -3.46. The second-order valence-electron chi connectivity index (χ2n) is 3.26. The average molecular weight is 220 g/mol. The maximum absolute atomic E-state index is 12.0. The minimum atomic E-state index is -3.46. The predicted octanol–water partition coefficient (Wildman–Crippen LogP) is 1.83. The lowest BCUT2D eigenvalue weighted by atomic mass is 10.4. The van der Waals surface area contributed by atoms with E-state index in [-0.39, 0.29) is 4.90 Å². The molecule has 77 valence electrons. The van der Waals surface area contributed by atoms with E-state index in [1.54, 1.807) is 42.6 Å². The van der Waals surface area contributed by atoms with Gasteiger partial charge in [-0.15, -0.1) is 0 Å². The standard InChI is InChI=1S/C11H10NO2S/c1-10-7-8-12(9-10)15(13,14)11-5-3-2-4-6-11/h2-7,9H,1H3. The lowest BCUT2D eigenvalue weighted by Gasteiger charge is -2.03. The van der Waals surface area contributed by atoms with Crippen LogP contribution >= 0.6 is 0 Å². The van der Waals surface area contributed by atoms with Gasteiger partial charge < -0.3 is 0 Å². The Hall–Kier alpha value is -1.55. The summed E-state index contributed by atoms with van der Waals surface area (Å²) in [5.41, 5.74) is 0.870. The second kappa shape index (κ2) is 3.55. The highest BCUT2D eigenvalue weighted by atomic mass is 32.2. The molecule has 0 N–H and O–H groups in total. The van der Waals surface area contributed by atoms with Crippen LogP contribution in [0.4, 0.5) is 0 Å². The topological polar surface area (TPSA) is 39.1 Å². The van der Waals surface area contributed by atoms with Crippen molar-refractivity contribution in [3.63, 3.8) is 0 Å². The summed E-state index contributed by atoms with van der Waals surface area (Å²) >= 11 is 0. The quantitative estimate of drug-likeness (QED) is 0.774. The van der Waals surface area contributed by atoms with E-state index in [0.717, 1.165) is 9.54 Å². The minimum Gasteiger partial charge on any atom is -0.239 e. The SMILES string of the molecule is Cc1c[c]n(S(=O)(=O)c2ccccc2)c1. The van der Waals surface area contributed by atoms with Gasteiger partial charge in [-0.05, 0) is 30.7 Å². The van der Waals surface area contributed by atoms with Crippen LogP contribution in [-0.4, -0.2) is 12.4 Å². The van der Waals surface area contributed by atoms with Gasteiger partial charge in [0, 0.05) is 6.20 Å². The summed E-state index contributed by atoms with van der Waals surface area (Å²) in [6.07, 6.45) is 4.22. The number of aromatic nitrogens is 1. The first-order chi connectivity index (χ1) is 7.10. The van der Waals surface area contributed by atoms with Gasteiger partial charge in [0.25, 0.3) is 10.0 Å². The van der Waals surface area contributed by atoms with E-state index in [2.05, 4.69) is 6.20 Å². The maximum atomic E-state index is 12.0. The first-order valence-electron chi connectivity index (χ1n) is 4.48. The Morgan fingerprint density at radius 3 is 2.40 bits per heavy atom. The summed E-state index contributed by atoms with van der Waals surface area (Å²) < 4.78 is 25.1. The van der Waals surface area contributed by atoms with Crippen LogP contribution in [0.25, 0.3) is 0 Å². The zero-order chi connectivity index (χ0) is 10.9. The fourth-order valence-electron chi connectivity index (χ4n) is 1.27. The summed E-state index contributed by atoms with van der Waals surface area (Å²) in [4.78, 5) is 0.275. The molecule has 0 unspecified atom stereocenters. The number of nitrogens with zero attached hydrogens (tertiary/aromatic N) is 1. The van der Waals surface area contributed by atoms with Gasteiger partial charge in [-0.1, -0.05) is 18.2 Å². The highest BCUT2D eigenvalue weighted by Gasteiger charge is 2.15. The number of hydrogen-bond acceptors (Lipinski definition) is 2. The van der Waals surface area contributed by atoms with E-state index >= 15 is 0 Å². The lowest BCUT2D eigenvalue weighted by molar-refractivity contribution is 0.587. The molecular weight excluding hydrogens is 210 g/mol. The zero-order valence-electron chi connectivity index (χ0n) is 8.21. The van der Waals surface area contributed by atoms with Gasteiger partial charge >= 0.3 is 0 Å². The summed E-state index contributed by atoms with van der Waals surface area (Å²) in [6.45, 7) is 1.83. The molecule has 2 rings (SSSR count). The van der Waals surface area contributed by atoms with Crippen LogP contribution < -0.4 is 0 Å². The fourth-order valence-corrected chi connectivity index (χ4v) is 2.49. The Morgan fingerprint density at radius 2 is 1.87 bits per heavy atom. The number of rotatable bonds is 2. The Kier molecular flexibility index (Phi) is 2.36. The number of aryl methyl sites for hydroxylation is 1. The van der Waals surface area contributed by atoms with Crippen molar-refractivity contribution in [2.75, 3.05) is 0 Å². The van der Waals surface area contributed by atoms with Crippen LogP contribution in [0.1, 0.15) is 5.56 Å². The molecule has 2 aromatic rings. The summed E-state index contributed by atoms with van der Waals surface area (Å²) in [5.74, 6) is 0. The van der Waals surface area contributed by atoms with Crippen LogP contribution in [0, 0.1) is 13.1 Å². The lowest BCUT2D eigenvalue weighted by Crippen LogP contribution is -2.10. The normalized spacial score (nSPS) is 11.5. The van der Waals surface area contributed by atoms with Gasteiger partial charge in [0.15, 0.2) is 0 Å². The van der Waals surface area contributed by atoms with Crippen molar-refractivity contribution >= 4 is 10.0 Å². The Morgan fingerprint density at radius 1 is 1.20 bits per heavy atom. The highest BCUT2D eigenvalue weighted by molar-refractivity contribution is 7.90. The number of benzene rings is 1. The first-order valence-corrected chi connectivity index (χ1v) is 5.92. The van der Waals surface area contributed by atoms with Crippen LogP contribution in [0.2, 0.25) is 0 Å². The van der Waals surface area contributed by atoms with Crippen molar-refractivity contribution in [2.45, 2.75) is 11.8 Å². The maximum Gasteiger partial charge on any atom is 0.268 e. The molecule has 0 aliphatic rings. The van der Waals surface area contributed by atoms with Gasteiger partial charge in [0.05, 0.1) is 11.1 Å². The van der Waals surface area contributed by atoms with Crippen LogP contribution in [0.15, 0.2) is 47.5 Å². The van der Waals surface area contributed by atoms with E-state index in [4.69, 9.17) is 0 Å². The van der Waals surface area contributed by atoms with Gasteiger partial charge in [0.1, 0.15) is 0 Å². The monoisotopic (exact) mass is 220 g/mol. The largest absolute Gasteiger partial charge is 0.268 e. The van der Waals surface area contributed by atoms with Gasteiger partial charge in [0.2, 0.25) is 0 Å². The third kappa shape index (κ3) is 1.80. The van der Waals surface area contributed by atoms with E-state index in [1.807, 2.05) is 6.92 Å². The molecule has 1 aromatic carbocycles. The van der Waals surface area contributed by atoms with Gasteiger partial charge in [-0.2, -0.15) is 0 Å². The molecule has 1 heterocycles. The van der Waals surface area contributed by atoms with Crippen molar-refractivity contribution < 1.29 is 8.42 Å².